The number of ketones is 2. The van der Waals surface area contributed by atoms with E-state index in [2.05, 4.69) is 21.2 Å². The second kappa shape index (κ2) is 8.89. The number of nitrogens with zero attached hydrogens (tertiary/aromatic N) is 1. The molecule has 0 aliphatic carbocycles. The molecule has 4 atom stereocenters. The SMILES string of the molecule is O=C(c1ccc(Br)cc1)[C@@H]1[C@H](C(=O)c2ccccc2)[C@]2(C(=O)Nc3ccccc32)[C@H]2C=Cc3ccccc3N12. The summed E-state index contributed by atoms with van der Waals surface area (Å²) in [5, 5.41) is 3.06. The van der Waals surface area contributed by atoms with Crippen LogP contribution >= 0.6 is 15.9 Å². The number of fused-ring (bicyclic) bond motifs is 6. The third-order valence-corrected chi connectivity index (χ3v) is 8.81. The van der Waals surface area contributed by atoms with Crippen LogP contribution in [-0.2, 0) is 10.2 Å². The summed E-state index contributed by atoms with van der Waals surface area (Å²) in [5.41, 5.74) is 2.86. The quantitative estimate of drug-likeness (QED) is 0.290. The van der Waals surface area contributed by atoms with Crippen molar-refractivity contribution < 1.29 is 14.4 Å². The van der Waals surface area contributed by atoms with Crippen molar-refractivity contribution >= 4 is 50.9 Å². The Morgan fingerprint density at radius 2 is 1.44 bits per heavy atom. The van der Waals surface area contributed by atoms with Crippen molar-refractivity contribution in [3.63, 3.8) is 0 Å². The van der Waals surface area contributed by atoms with Crippen molar-refractivity contribution in [1.82, 2.24) is 0 Å². The Kier molecular flexibility index (Phi) is 5.42. The van der Waals surface area contributed by atoms with Crippen LogP contribution in [0.25, 0.3) is 6.08 Å². The number of hydrogen-bond donors (Lipinski definition) is 1. The lowest BCUT2D eigenvalue weighted by atomic mass is 9.64. The molecule has 1 fully saturated rings. The summed E-state index contributed by atoms with van der Waals surface area (Å²) in [7, 11) is 0. The second-order valence-corrected chi connectivity index (χ2v) is 11.1. The number of benzene rings is 4. The Balaban J connectivity index is 1.54. The molecule has 1 spiro atoms. The highest BCUT2D eigenvalue weighted by molar-refractivity contribution is 9.10. The third kappa shape index (κ3) is 3.34. The fourth-order valence-electron chi connectivity index (χ4n) is 6.69. The highest BCUT2D eigenvalue weighted by Crippen LogP contribution is 2.58. The van der Waals surface area contributed by atoms with Gasteiger partial charge in [-0.15, -0.1) is 0 Å². The van der Waals surface area contributed by atoms with Gasteiger partial charge in [-0.3, -0.25) is 14.4 Å². The van der Waals surface area contributed by atoms with E-state index < -0.39 is 23.4 Å². The second-order valence-electron chi connectivity index (χ2n) is 10.2. The van der Waals surface area contributed by atoms with E-state index >= 15 is 0 Å². The lowest BCUT2D eigenvalue weighted by molar-refractivity contribution is -0.121. The molecule has 3 aliphatic rings. The van der Waals surface area contributed by atoms with Crippen molar-refractivity contribution in [1.29, 1.82) is 0 Å². The first-order valence-electron chi connectivity index (χ1n) is 12.9. The molecule has 3 aliphatic heterocycles. The first-order chi connectivity index (χ1) is 19.0. The van der Waals surface area contributed by atoms with Crippen molar-refractivity contribution in [2.75, 3.05) is 10.2 Å². The van der Waals surface area contributed by atoms with Gasteiger partial charge >= 0.3 is 0 Å². The molecule has 0 unspecified atom stereocenters. The molecular weight excluding hydrogens is 552 g/mol. The molecule has 7 rings (SSSR count). The van der Waals surface area contributed by atoms with Gasteiger partial charge in [0.05, 0.1) is 12.0 Å². The van der Waals surface area contributed by atoms with Crippen molar-refractivity contribution in [3.05, 3.63) is 136 Å². The van der Waals surface area contributed by atoms with Gasteiger partial charge in [-0.1, -0.05) is 107 Å². The number of rotatable bonds is 4. The van der Waals surface area contributed by atoms with Gasteiger partial charge in [-0.2, -0.15) is 0 Å². The highest BCUT2D eigenvalue weighted by Gasteiger charge is 2.70. The minimum absolute atomic E-state index is 0.194. The van der Waals surface area contributed by atoms with E-state index in [0.717, 1.165) is 21.3 Å². The minimum Gasteiger partial charge on any atom is -0.352 e. The number of nitrogens with one attached hydrogen (secondary N) is 1. The maximum absolute atomic E-state index is 14.6. The summed E-state index contributed by atoms with van der Waals surface area (Å²) in [6.07, 6.45) is 3.99. The molecule has 0 bridgehead atoms. The Hall–Kier alpha value is -4.29. The van der Waals surface area contributed by atoms with Crippen LogP contribution in [0.4, 0.5) is 11.4 Å². The Labute approximate surface area is 234 Å². The zero-order chi connectivity index (χ0) is 26.7. The predicted octanol–water partition coefficient (Wildman–Crippen LogP) is 6.31. The van der Waals surface area contributed by atoms with Gasteiger partial charge in [0.1, 0.15) is 11.5 Å². The minimum atomic E-state index is -1.30. The van der Waals surface area contributed by atoms with Crippen LogP contribution in [-0.4, -0.2) is 29.6 Å². The summed E-state index contributed by atoms with van der Waals surface area (Å²) >= 11 is 3.46. The number of amides is 1. The highest BCUT2D eigenvalue weighted by atomic mass is 79.9. The summed E-state index contributed by atoms with van der Waals surface area (Å²) in [5.74, 6) is -1.65. The molecule has 0 saturated carbocycles. The number of halogens is 1. The van der Waals surface area contributed by atoms with E-state index in [-0.39, 0.29) is 17.5 Å². The molecule has 6 heteroatoms. The lowest BCUT2D eigenvalue weighted by Gasteiger charge is -2.37. The van der Waals surface area contributed by atoms with Crippen molar-refractivity contribution in [2.24, 2.45) is 5.92 Å². The van der Waals surface area contributed by atoms with Crippen LogP contribution in [0, 0.1) is 5.92 Å². The maximum Gasteiger partial charge on any atom is 0.238 e. The summed E-state index contributed by atoms with van der Waals surface area (Å²) in [6, 6.07) is 30.1. The topological polar surface area (TPSA) is 66.5 Å². The van der Waals surface area contributed by atoms with Gasteiger partial charge in [0.15, 0.2) is 11.6 Å². The van der Waals surface area contributed by atoms with E-state index in [1.165, 1.54) is 0 Å². The molecule has 0 aromatic heterocycles. The molecule has 190 valence electrons. The first kappa shape index (κ1) is 23.8. The number of anilines is 2. The average Bonchev–Trinajstić information content (AvgIpc) is 3.45. The normalized spacial score (nSPS) is 24.2. The van der Waals surface area contributed by atoms with Gasteiger partial charge in [0.25, 0.3) is 0 Å². The number of para-hydroxylation sites is 2. The van der Waals surface area contributed by atoms with E-state index in [1.54, 1.807) is 24.3 Å². The van der Waals surface area contributed by atoms with Crippen LogP contribution in [0.1, 0.15) is 31.8 Å². The average molecular weight is 575 g/mol. The van der Waals surface area contributed by atoms with Gasteiger partial charge in [0, 0.05) is 27.0 Å². The Morgan fingerprint density at radius 1 is 0.769 bits per heavy atom. The number of Topliss-reactive ketones (excluding diaryl/α,β-unsaturated/α-hetero) is 2. The lowest BCUT2D eigenvalue weighted by Crippen LogP contribution is -2.51. The Morgan fingerprint density at radius 3 is 2.23 bits per heavy atom. The number of carbonyl (C=O) groups is 3. The fourth-order valence-corrected chi connectivity index (χ4v) is 6.95. The number of carbonyl (C=O) groups excluding carboxylic acids is 3. The van der Waals surface area contributed by atoms with Gasteiger partial charge in [-0.05, 0) is 35.4 Å². The van der Waals surface area contributed by atoms with E-state index in [9.17, 15) is 14.4 Å². The van der Waals surface area contributed by atoms with Gasteiger partial charge in [0.2, 0.25) is 5.91 Å². The maximum atomic E-state index is 14.6. The molecular formula is C33H23BrN2O3. The summed E-state index contributed by atoms with van der Waals surface area (Å²) < 4.78 is 0.854. The number of hydrogen-bond acceptors (Lipinski definition) is 4. The molecule has 0 radical (unpaired) electrons. The molecule has 5 nitrogen and oxygen atoms in total. The Bertz CT molecular complexity index is 1680. The zero-order valence-corrected chi connectivity index (χ0v) is 22.3. The van der Waals surface area contributed by atoms with Crippen LogP contribution in [0.15, 0.2) is 114 Å². The van der Waals surface area contributed by atoms with Gasteiger partial charge < -0.3 is 10.2 Å². The van der Waals surface area contributed by atoms with Crippen LogP contribution < -0.4 is 10.2 Å². The fraction of sp³-hybridized carbons (Fsp3) is 0.121. The monoisotopic (exact) mass is 574 g/mol. The standard InChI is InChI=1S/C33H23BrN2O3/c34-23-17-14-22(15-18-23)31(38)29-28(30(37)21-9-2-1-3-10-21)33(24-11-5-6-12-25(24)35-32(33)39)27-19-16-20-8-4-7-13-26(20)36(27)29/h1-19,27-29H,(H,35,39)/t27-,28-,29+,33-/m1/s1. The molecule has 1 amide bonds. The van der Waals surface area contributed by atoms with Crippen molar-refractivity contribution in [3.8, 4) is 0 Å². The van der Waals surface area contributed by atoms with Gasteiger partial charge in [-0.25, -0.2) is 0 Å². The first-order valence-corrected chi connectivity index (χ1v) is 13.7. The largest absolute Gasteiger partial charge is 0.352 e. The van der Waals surface area contributed by atoms with Crippen LogP contribution in [0.2, 0.25) is 0 Å². The molecule has 4 aromatic rings. The molecule has 39 heavy (non-hydrogen) atoms. The summed E-state index contributed by atoms with van der Waals surface area (Å²) in [4.78, 5) is 45.5. The smallest absolute Gasteiger partial charge is 0.238 e. The van der Waals surface area contributed by atoms with E-state index in [4.69, 9.17) is 0 Å². The van der Waals surface area contributed by atoms with E-state index in [0.29, 0.717) is 16.8 Å². The van der Waals surface area contributed by atoms with Crippen molar-refractivity contribution in [2.45, 2.75) is 17.5 Å². The van der Waals surface area contributed by atoms with E-state index in [1.807, 2.05) is 95.9 Å². The molecule has 4 aromatic carbocycles. The molecule has 1 saturated heterocycles. The molecule has 3 heterocycles. The van der Waals surface area contributed by atoms with Crippen LogP contribution in [0.3, 0.4) is 0 Å². The van der Waals surface area contributed by atoms with Crippen LogP contribution in [0.5, 0.6) is 0 Å². The predicted molar refractivity (Wildman–Crippen MR) is 155 cm³/mol. The zero-order valence-electron chi connectivity index (χ0n) is 20.8. The summed E-state index contributed by atoms with van der Waals surface area (Å²) in [6.45, 7) is 0. The molecule has 1 N–H and O–H groups in total. The third-order valence-electron chi connectivity index (χ3n) is 8.28.